The summed E-state index contributed by atoms with van der Waals surface area (Å²) in [5.74, 6) is 6.85. The van der Waals surface area contributed by atoms with Crippen LogP contribution >= 0.6 is 70.6 Å². The number of phosphoric ester groups is 2. The zero-order chi connectivity index (χ0) is 108. The normalized spacial score (nSPS) is 22.3. The predicted octanol–water partition coefficient (Wildman–Crippen LogP) is 20.4. The lowest BCUT2D eigenvalue weighted by Gasteiger charge is -2.26. The van der Waals surface area contributed by atoms with Crippen LogP contribution in [0.4, 0.5) is 0 Å². The molecule has 0 spiro atoms. The van der Waals surface area contributed by atoms with Crippen molar-refractivity contribution in [2.75, 3.05) is 114 Å². The van der Waals surface area contributed by atoms with E-state index in [9.17, 15) is 67.2 Å². The van der Waals surface area contributed by atoms with Crippen LogP contribution in [0.1, 0.15) is 366 Å². The lowest BCUT2D eigenvalue weighted by Crippen LogP contribution is -2.40. The van der Waals surface area contributed by atoms with Crippen molar-refractivity contribution in [3.63, 3.8) is 0 Å². The van der Waals surface area contributed by atoms with Crippen molar-refractivity contribution in [1.82, 2.24) is 34.7 Å². The molecule has 4 N–H and O–H groups in total. The van der Waals surface area contributed by atoms with E-state index in [4.69, 9.17) is 46.5 Å². The summed E-state index contributed by atoms with van der Waals surface area (Å²) in [7, 11) is -2.19. The molecule has 2 unspecified atom stereocenters. The highest BCUT2D eigenvalue weighted by molar-refractivity contribution is 8.77. The summed E-state index contributed by atoms with van der Waals surface area (Å²) in [6.45, 7) is 55.8. The van der Waals surface area contributed by atoms with E-state index in [-0.39, 0.29) is 196 Å². The van der Waals surface area contributed by atoms with E-state index in [1.54, 1.807) is 47.1 Å². The van der Waals surface area contributed by atoms with Crippen LogP contribution in [0.5, 0.6) is 0 Å². The zero-order valence-corrected chi connectivity index (χ0v) is 99.2. The average Bonchev–Trinajstić information content (AvgIpc) is 1.68. The number of ketones is 3. The van der Waals surface area contributed by atoms with Crippen LogP contribution < -0.4 is 5.32 Å². The molecule has 0 aromatic carbocycles. The highest BCUT2D eigenvalue weighted by atomic mass is 33.1. The Balaban J connectivity index is 0.000000507. The van der Waals surface area contributed by atoms with Crippen molar-refractivity contribution < 1.29 is 114 Å². The van der Waals surface area contributed by atoms with Gasteiger partial charge in [0.1, 0.15) is 17.3 Å². The summed E-state index contributed by atoms with van der Waals surface area (Å²) < 4.78 is 82.8. The number of rotatable bonds is 71. The first-order valence-electron chi connectivity index (χ1n) is 54.8. The lowest BCUT2D eigenvalue weighted by atomic mass is 10.0. The molecule has 6 amide bonds. The quantitative estimate of drug-likeness (QED) is 0.0250. The molecule has 0 saturated carbocycles. The summed E-state index contributed by atoms with van der Waals surface area (Å²) in [4.78, 5) is 145. The van der Waals surface area contributed by atoms with Crippen LogP contribution in [-0.2, 0) is 98.8 Å². The van der Waals surface area contributed by atoms with Gasteiger partial charge in [-0.3, -0.25) is 61.2 Å². The van der Waals surface area contributed by atoms with Crippen molar-refractivity contribution in [1.29, 1.82) is 0 Å². The number of nitrogens with zero attached hydrogens (tertiary/aromatic N) is 6. The summed E-state index contributed by atoms with van der Waals surface area (Å²) in [6, 6.07) is -0.892. The topological polar surface area (TPSA) is 372 Å². The Morgan fingerprint density at radius 1 is 0.340 bits per heavy atom. The first-order chi connectivity index (χ1) is 67.8. The third kappa shape index (κ3) is 62.1. The fraction of sp³-hybridized carbons (Fsp3) is 0.915. The minimum Gasteiger partial charge on any atom is -0.391 e. The number of hydrogen-bond acceptors (Lipinski definition) is 28. The van der Waals surface area contributed by atoms with E-state index in [0.29, 0.717) is 145 Å². The molecule has 0 bridgehead atoms. The Kier molecular flexibility index (Phi) is 70.9. The van der Waals surface area contributed by atoms with Crippen LogP contribution in [0, 0.1) is 29.6 Å². The van der Waals surface area contributed by atoms with Crippen LogP contribution in [-0.4, -0.2) is 326 Å². The summed E-state index contributed by atoms with van der Waals surface area (Å²) >= 11 is 1.83. The molecule has 144 heavy (non-hydrogen) atoms. The fourth-order valence-corrected chi connectivity index (χ4v) is 24.7. The Labute approximate surface area is 890 Å². The maximum absolute atomic E-state index is 13.2. The van der Waals surface area contributed by atoms with Crippen molar-refractivity contribution >= 4 is 123 Å². The number of carbonyl (C=O) groups excluding carboxylic acids is 9. The number of thioether (sulfide) groups is 1. The molecule has 6 saturated heterocycles. The van der Waals surface area contributed by atoms with E-state index in [2.05, 4.69) is 67.6 Å². The van der Waals surface area contributed by atoms with Gasteiger partial charge in [-0.05, 0) is 201 Å². The molecule has 31 nitrogen and oxygen atoms in total. The van der Waals surface area contributed by atoms with Gasteiger partial charge in [-0.2, -0.15) is 11.8 Å². The molecule has 0 aromatic heterocycles. The maximum Gasteiger partial charge on any atom is 0.472 e. The van der Waals surface area contributed by atoms with Gasteiger partial charge in [-0.15, -0.1) is 0 Å². The van der Waals surface area contributed by atoms with Crippen LogP contribution in [0.2, 0.25) is 0 Å². The molecule has 6 rings (SSSR count). The second kappa shape index (κ2) is 75.3. The second-order valence-electron chi connectivity index (χ2n) is 43.9. The molecule has 842 valence electrons. The van der Waals surface area contributed by atoms with E-state index < -0.39 is 40.0 Å². The molecule has 0 aromatic rings. The third-order valence-electron chi connectivity index (χ3n) is 25.4. The Morgan fingerprint density at radius 2 is 0.701 bits per heavy atom. The van der Waals surface area contributed by atoms with Gasteiger partial charge < -0.3 is 78.0 Å². The number of aliphatic hydroxyl groups excluding tert-OH is 1. The average molecular weight is 2180 g/mol. The molecule has 0 aliphatic carbocycles. The number of β-amino-alcohol motifs (C(OH)–C–C–N with tert-alkyl or cyclic N) is 1. The summed E-state index contributed by atoms with van der Waals surface area (Å²) in [5.41, 5.74) is 0. The van der Waals surface area contributed by atoms with Crippen LogP contribution in [0.15, 0.2) is 0 Å². The SMILES string of the molecule is CC(C)CCC(=O)N1C[C@H](C)C[C@H]1COP(=O)(O)O[C@@H]1C[C@@H](COC(C)C)N(C(=O)CCCSC(C)C)C1.CC(C)CCCCCCCCCC(=O)CCC(=O)N1C[C@H](OC(C)C)C[C@H]1COC(C)C.CC(C)CCCSSCC(=O)N1C[C@H](OC(C)C)C[C@H]1COC(C)C.CC(C)NCCCC(=O)CCC(=O)N1C[C@H](O)C[C@H]1COP(=O)(O)O[C@@H]1C[C@@H](COC(C)C)N(C(=O)CCCSSCCC(=O)C(C)C)C1. The molecule has 0 radical (unpaired) electrons. The van der Waals surface area contributed by atoms with Gasteiger partial charge in [-0.25, -0.2) is 9.13 Å². The minimum atomic E-state index is -4.58. The molecule has 6 aliphatic heterocycles. The number of phosphoric acid groups is 2. The standard InChI is InChI=1S/C33H60N3O10PS2.C27H51N2O7PS.C27H51NO4.C19H37NO3S2/c1-23(2)31(39)13-16-49-48-15-8-10-32(40)36-20-30(18-27(36)21-44-25(5)6)46-47(42,43)45-22-26-17-29(38)19-35(26)33(41)12-11-28(37)9-7-14-34-24(3)4;1-19(2)10-11-27(31)28-15-22(7)13-23(28)18-35-37(32,33)36-25-14-24(17-34-20(3)4)29(16-25)26(30)9-8-12-38-21(5)6;1-21(2)14-12-10-8-7-9-11-13-15-25(29)16-17-27(30)28-19-26(32-23(5)6)18-24(28)20-31-22(3)4;1-14(2)8-7-9-24-25-13-19(21)20-11-18(23-16(5)6)10-17(20)12-22-15(3)4/h23-27,29-30,34,38H,7-22H2,1-6H3,(H,42,43);19-25H,8-18H2,1-7H3,(H,32,33);21-24,26H,7-20H2,1-6H3;14-18H,7-13H2,1-6H3/t26-,27-,29+,30+;22-,23+,24+,25-;24-,26+;17-,18+/m0100/s1. The molecule has 6 fully saturated rings. The number of carbonyl (C=O) groups is 9. The number of aliphatic hydroxyl groups is 1. The number of nitrogens with one attached hydrogen (secondary N) is 1. The van der Waals surface area contributed by atoms with Crippen molar-refractivity contribution in [3.05, 3.63) is 0 Å². The van der Waals surface area contributed by atoms with E-state index in [1.807, 2.05) is 143 Å². The van der Waals surface area contributed by atoms with Crippen molar-refractivity contribution in [3.8, 4) is 0 Å². The van der Waals surface area contributed by atoms with E-state index in [0.717, 1.165) is 86.3 Å². The Morgan fingerprint density at radius 3 is 1.14 bits per heavy atom. The van der Waals surface area contributed by atoms with Gasteiger partial charge in [0.2, 0.25) is 35.4 Å². The second-order valence-corrected chi connectivity index (χ2v) is 53.7. The number of amides is 6. The minimum absolute atomic E-state index is 0.00441. The van der Waals surface area contributed by atoms with Gasteiger partial charge in [0.05, 0.1) is 149 Å². The smallest absolute Gasteiger partial charge is 0.391 e. The molecular weight excluding hydrogens is 1980 g/mol. The Hall–Kier alpha value is -2.52. The molecule has 6 heterocycles. The predicted molar refractivity (Wildman–Crippen MR) is 587 cm³/mol. The molecule has 6 aliphatic rings. The molecule has 38 heteroatoms. The molecular formula is C106H199N7O24P2S5. The monoisotopic (exact) mass is 2180 g/mol. The lowest BCUT2D eigenvalue weighted by molar-refractivity contribution is -0.135. The first-order valence-corrected chi connectivity index (χ1v) is 63.8. The number of unbranched alkanes of at least 4 members (excludes halogenated alkanes) is 6. The summed E-state index contributed by atoms with van der Waals surface area (Å²) in [5, 5.41) is 14.0. The summed E-state index contributed by atoms with van der Waals surface area (Å²) in [6.07, 6.45) is 20.8. The number of ether oxygens (including phenoxy) is 6. The van der Waals surface area contributed by atoms with Crippen LogP contribution in [0.3, 0.4) is 0 Å². The third-order valence-corrected chi connectivity index (χ3v) is 33.5. The Bertz CT molecular complexity index is 3680. The van der Waals surface area contributed by atoms with Crippen molar-refractivity contribution in [2.45, 2.75) is 480 Å². The van der Waals surface area contributed by atoms with Crippen LogP contribution in [0.25, 0.3) is 0 Å². The van der Waals surface area contributed by atoms with Gasteiger partial charge in [0, 0.05) is 133 Å². The fourth-order valence-electron chi connectivity index (χ4n) is 17.9. The largest absolute Gasteiger partial charge is 0.472 e. The van der Waals surface area contributed by atoms with Gasteiger partial charge in [0.15, 0.2) is 0 Å². The maximum atomic E-state index is 13.2. The van der Waals surface area contributed by atoms with E-state index >= 15 is 0 Å². The van der Waals surface area contributed by atoms with E-state index in [1.165, 1.54) is 56.3 Å². The first kappa shape index (κ1) is 136. The van der Waals surface area contributed by atoms with Gasteiger partial charge in [0.25, 0.3) is 0 Å². The van der Waals surface area contributed by atoms with Gasteiger partial charge in [-0.1, -0.05) is 185 Å². The highest BCUT2D eigenvalue weighted by Gasteiger charge is 2.46. The van der Waals surface area contributed by atoms with Gasteiger partial charge >= 0.3 is 15.6 Å². The molecule has 14 atom stereocenters. The number of Topliss-reactive ketones (excluding diaryl/α,β-unsaturated/α-hetero) is 3. The number of likely N-dealkylation sites (tertiary alicyclic amines) is 6. The zero-order valence-electron chi connectivity index (χ0n) is 93.3. The number of hydrogen-bond donors (Lipinski definition) is 4. The van der Waals surface area contributed by atoms with Crippen molar-refractivity contribution in [2.24, 2.45) is 29.6 Å². The highest BCUT2D eigenvalue weighted by Crippen LogP contribution is 2.49.